The van der Waals surface area contributed by atoms with Gasteiger partial charge in [-0.05, 0) is 30.7 Å². The minimum absolute atomic E-state index is 0.0295. The van der Waals surface area contributed by atoms with E-state index < -0.39 is 54.2 Å². The molecule has 0 radical (unpaired) electrons. The molecule has 3 heterocycles. The van der Waals surface area contributed by atoms with Crippen LogP contribution in [0.5, 0.6) is 0 Å². The second-order valence-electron chi connectivity index (χ2n) is 11.0. The maximum absolute atomic E-state index is 12.8. The summed E-state index contributed by atoms with van der Waals surface area (Å²) in [7, 11) is 0. The van der Waals surface area contributed by atoms with E-state index in [0.717, 1.165) is 19.3 Å². The fraction of sp³-hybridized carbons (Fsp3) is 0.529. The largest absolute Gasteiger partial charge is 0.463 e. The first-order valence-electron chi connectivity index (χ1n) is 15.9. The van der Waals surface area contributed by atoms with Crippen LogP contribution >= 0.6 is 0 Å². The van der Waals surface area contributed by atoms with Crippen molar-refractivity contribution in [3.8, 4) is 0 Å². The standard InChI is InChI=1S/C34H44N2O9/c1-2-3-4-5-6-7-8-9-10-11-12-13-14-19-28(38)42-24-27(37)29-30(44-32(39)25-17-15-20-35-22-25)31(34(41)43-29)45-33(40)26-18-16-21-36-23-26/h15-18,20-23,27,29,37H,2-14,19,24H2,1H3/t27-,29?/m1/s1. The van der Waals surface area contributed by atoms with E-state index in [1.807, 2.05) is 0 Å². The number of pyridine rings is 2. The highest BCUT2D eigenvalue weighted by atomic mass is 16.6. The molecule has 0 aliphatic carbocycles. The van der Waals surface area contributed by atoms with Gasteiger partial charge in [-0.15, -0.1) is 0 Å². The van der Waals surface area contributed by atoms with Gasteiger partial charge in [0.25, 0.3) is 5.76 Å². The number of rotatable bonds is 21. The van der Waals surface area contributed by atoms with Gasteiger partial charge < -0.3 is 24.1 Å². The Hall–Kier alpha value is -4.12. The van der Waals surface area contributed by atoms with E-state index in [-0.39, 0.29) is 17.5 Å². The summed E-state index contributed by atoms with van der Waals surface area (Å²) in [6.45, 7) is 1.70. The number of hydrogen-bond donors (Lipinski definition) is 1. The van der Waals surface area contributed by atoms with Gasteiger partial charge in [0.05, 0.1) is 11.1 Å². The van der Waals surface area contributed by atoms with Crippen molar-refractivity contribution in [2.75, 3.05) is 6.61 Å². The third-order valence-corrected chi connectivity index (χ3v) is 7.34. The molecule has 2 aromatic rings. The second-order valence-corrected chi connectivity index (χ2v) is 11.0. The molecule has 2 atom stereocenters. The summed E-state index contributed by atoms with van der Waals surface area (Å²) >= 11 is 0. The number of hydrogen-bond acceptors (Lipinski definition) is 11. The number of nitrogens with zero attached hydrogens (tertiary/aromatic N) is 2. The zero-order valence-corrected chi connectivity index (χ0v) is 26.0. The number of ether oxygens (including phenoxy) is 4. The highest BCUT2D eigenvalue weighted by molar-refractivity contribution is 5.98. The van der Waals surface area contributed by atoms with Gasteiger partial charge in [0.2, 0.25) is 5.76 Å². The van der Waals surface area contributed by atoms with E-state index in [1.165, 1.54) is 107 Å². The summed E-state index contributed by atoms with van der Waals surface area (Å²) in [4.78, 5) is 58.1. The van der Waals surface area contributed by atoms with E-state index in [2.05, 4.69) is 16.9 Å². The molecule has 1 unspecified atom stereocenters. The molecular weight excluding hydrogens is 580 g/mol. The first kappa shape index (κ1) is 35.4. The molecule has 11 heteroatoms. The predicted octanol–water partition coefficient (Wildman–Crippen LogP) is 6.01. The lowest BCUT2D eigenvalue weighted by Gasteiger charge is -2.19. The van der Waals surface area contributed by atoms with Crippen LogP contribution in [0.2, 0.25) is 0 Å². The SMILES string of the molecule is CCCCCCCCCCCCCCCC(=O)OC[C@@H](O)C1OC(=O)C(OC(=O)c2cccnc2)=C1OC(=O)c1cccnc1. The van der Waals surface area contributed by atoms with Crippen LogP contribution < -0.4 is 0 Å². The van der Waals surface area contributed by atoms with Crippen LogP contribution in [0, 0.1) is 0 Å². The summed E-state index contributed by atoms with van der Waals surface area (Å²) in [5.74, 6) is -4.76. The van der Waals surface area contributed by atoms with Crippen molar-refractivity contribution >= 4 is 23.9 Å². The van der Waals surface area contributed by atoms with E-state index in [4.69, 9.17) is 18.9 Å². The maximum atomic E-state index is 12.8. The Labute approximate surface area is 264 Å². The van der Waals surface area contributed by atoms with Crippen LogP contribution in [0.4, 0.5) is 0 Å². The molecule has 1 aliphatic heterocycles. The van der Waals surface area contributed by atoms with Crippen molar-refractivity contribution in [1.82, 2.24) is 9.97 Å². The summed E-state index contributed by atoms with van der Waals surface area (Å²) in [5.41, 5.74) is 0.0709. The van der Waals surface area contributed by atoms with Crippen LogP contribution in [0.3, 0.4) is 0 Å². The number of cyclic esters (lactones) is 1. The Morgan fingerprint density at radius 2 is 1.31 bits per heavy atom. The van der Waals surface area contributed by atoms with Gasteiger partial charge in [-0.3, -0.25) is 14.8 Å². The lowest BCUT2D eigenvalue weighted by Crippen LogP contribution is -2.35. The minimum atomic E-state index is -1.60. The van der Waals surface area contributed by atoms with Crippen molar-refractivity contribution in [3.05, 3.63) is 71.7 Å². The van der Waals surface area contributed by atoms with Crippen molar-refractivity contribution < 1.29 is 43.2 Å². The van der Waals surface area contributed by atoms with E-state index >= 15 is 0 Å². The van der Waals surface area contributed by atoms with E-state index in [1.54, 1.807) is 0 Å². The van der Waals surface area contributed by atoms with Crippen LogP contribution in [0.15, 0.2) is 60.6 Å². The van der Waals surface area contributed by atoms with Crippen molar-refractivity contribution in [1.29, 1.82) is 0 Å². The number of aliphatic hydroxyl groups excluding tert-OH is 1. The maximum Gasteiger partial charge on any atom is 0.379 e. The third-order valence-electron chi connectivity index (χ3n) is 7.34. The van der Waals surface area contributed by atoms with Gasteiger partial charge in [-0.25, -0.2) is 14.4 Å². The molecule has 1 N–H and O–H groups in total. The van der Waals surface area contributed by atoms with Gasteiger partial charge in [0.1, 0.15) is 12.7 Å². The molecule has 3 rings (SSSR count). The number of carbonyl (C=O) groups is 4. The number of unbranched alkanes of at least 4 members (excludes halogenated alkanes) is 12. The summed E-state index contributed by atoms with van der Waals surface area (Å²) in [6, 6.07) is 5.85. The predicted molar refractivity (Wildman–Crippen MR) is 163 cm³/mol. The molecule has 0 spiro atoms. The topological polar surface area (TPSA) is 151 Å². The normalized spacial score (nSPS) is 15.0. The van der Waals surface area contributed by atoms with Gasteiger partial charge >= 0.3 is 23.9 Å². The molecule has 0 saturated carbocycles. The Kier molecular flexibility index (Phi) is 15.7. The molecule has 244 valence electrons. The van der Waals surface area contributed by atoms with E-state index in [9.17, 15) is 24.3 Å². The first-order valence-corrected chi connectivity index (χ1v) is 15.9. The Morgan fingerprint density at radius 3 is 1.82 bits per heavy atom. The Balaban J connectivity index is 1.45. The molecule has 0 saturated heterocycles. The van der Waals surface area contributed by atoms with Gasteiger partial charge in [-0.1, -0.05) is 84.0 Å². The number of esters is 4. The average molecular weight is 625 g/mol. The van der Waals surface area contributed by atoms with Crippen molar-refractivity contribution in [2.24, 2.45) is 0 Å². The molecule has 2 aromatic heterocycles. The zero-order valence-electron chi connectivity index (χ0n) is 26.0. The molecule has 0 amide bonds. The van der Waals surface area contributed by atoms with Crippen LogP contribution in [-0.4, -0.2) is 57.8 Å². The van der Waals surface area contributed by atoms with Crippen molar-refractivity contribution in [2.45, 2.75) is 109 Å². The molecule has 0 bridgehead atoms. The van der Waals surface area contributed by atoms with Crippen molar-refractivity contribution in [3.63, 3.8) is 0 Å². The highest BCUT2D eigenvalue weighted by Gasteiger charge is 2.44. The summed E-state index contributed by atoms with van der Waals surface area (Å²) < 4.78 is 21.0. The lowest BCUT2D eigenvalue weighted by atomic mass is 10.0. The van der Waals surface area contributed by atoms with E-state index in [0.29, 0.717) is 6.42 Å². The van der Waals surface area contributed by atoms with Crippen LogP contribution in [0.25, 0.3) is 0 Å². The fourth-order valence-corrected chi connectivity index (χ4v) is 4.80. The molecule has 0 fully saturated rings. The number of aromatic nitrogens is 2. The summed E-state index contributed by atoms with van der Waals surface area (Å²) in [5, 5.41) is 10.8. The quantitative estimate of drug-likeness (QED) is 0.0987. The monoisotopic (exact) mass is 624 g/mol. The van der Waals surface area contributed by atoms with Gasteiger partial charge in [0, 0.05) is 31.2 Å². The third kappa shape index (κ3) is 12.4. The first-order chi connectivity index (χ1) is 21.9. The zero-order chi connectivity index (χ0) is 32.3. The van der Waals surface area contributed by atoms with Crippen LogP contribution in [-0.2, 0) is 28.5 Å². The Morgan fingerprint density at radius 1 is 0.800 bits per heavy atom. The molecule has 11 nitrogen and oxygen atoms in total. The second kappa shape index (κ2) is 20.0. The lowest BCUT2D eigenvalue weighted by molar-refractivity contribution is -0.154. The molecular formula is C34H44N2O9. The summed E-state index contributed by atoms with van der Waals surface area (Å²) in [6.07, 6.45) is 17.8. The molecule has 45 heavy (non-hydrogen) atoms. The highest BCUT2D eigenvalue weighted by Crippen LogP contribution is 2.29. The Bertz CT molecular complexity index is 1250. The number of carbonyl (C=O) groups excluding carboxylic acids is 4. The van der Waals surface area contributed by atoms with Gasteiger partial charge in [-0.2, -0.15) is 0 Å². The minimum Gasteiger partial charge on any atom is -0.463 e. The van der Waals surface area contributed by atoms with Crippen LogP contribution in [0.1, 0.15) is 118 Å². The van der Waals surface area contributed by atoms with Gasteiger partial charge in [0.15, 0.2) is 6.10 Å². The molecule has 0 aromatic carbocycles. The number of aliphatic hydroxyl groups is 1. The fourth-order valence-electron chi connectivity index (χ4n) is 4.80. The smallest absolute Gasteiger partial charge is 0.379 e. The molecule has 1 aliphatic rings. The average Bonchev–Trinajstić information content (AvgIpc) is 3.36.